The van der Waals surface area contributed by atoms with E-state index in [0.29, 0.717) is 26.1 Å². The van der Waals surface area contributed by atoms with Crippen LogP contribution < -0.4 is 5.73 Å². The van der Waals surface area contributed by atoms with Crippen LogP contribution in [0.1, 0.15) is 12.0 Å². The third-order valence-corrected chi connectivity index (χ3v) is 3.18. The summed E-state index contributed by atoms with van der Waals surface area (Å²) in [4.78, 5) is 20.4. The molecule has 1 atom stereocenters. The van der Waals surface area contributed by atoms with Crippen LogP contribution in [0.4, 0.5) is 0 Å². The van der Waals surface area contributed by atoms with E-state index in [1.165, 1.54) is 0 Å². The van der Waals surface area contributed by atoms with Gasteiger partial charge in [0.15, 0.2) is 0 Å². The van der Waals surface area contributed by atoms with E-state index in [-0.39, 0.29) is 5.91 Å². The van der Waals surface area contributed by atoms with Crippen LogP contribution in [0.2, 0.25) is 0 Å². The van der Waals surface area contributed by atoms with Crippen LogP contribution in [0.15, 0.2) is 24.5 Å². The van der Waals surface area contributed by atoms with Gasteiger partial charge in [-0.3, -0.25) is 9.78 Å². The number of pyridine rings is 1. The van der Waals surface area contributed by atoms with E-state index in [1.807, 2.05) is 31.1 Å². The fourth-order valence-corrected chi connectivity index (χ4v) is 1.90. The second-order valence-corrected chi connectivity index (χ2v) is 5.31. The van der Waals surface area contributed by atoms with Crippen molar-refractivity contribution in [3.8, 4) is 0 Å². The van der Waals surface area contributed by atoms with Gasteiger partial charge < -0.3 is 20.3 Å². The molecule has 0 aliphatic heterocycles. The van der Waals surface area contributed by atoms with Crippen LogP contribution in [-0.4, -0.2) is 67.6 Å². The second kappa shape index (κ2) is 9.44. The van der Waals surface area contributed by atoms with E-state index in [9.17, 15) is 4.79 Å². The highest BCUT2D eigenvalue weighted by Gasteiger charge is 2.21. The molecule has 0 aliphatic carbocycles. The molecular formula is C15H26N4O2. The number of rotatable bonds is 9. The van der Waals surface area contributed by atoms with Gasteiger partial charge in [-0.25, -0.2) is 0 Å². The van der Waals surface area contributed by atoms with Crippen LogP contribution in [0, 0.1) is 0 Å². The zero-order chi connectivity index (χ0) is 15.7. The fraction of sp³-hybridized carbons (Fsp3) is 0.600. The smallest absolute Gasteiger partial charge is 0.239 e. The van der Waals surface area contributed by atoms with E-state index in [1.54, 1.807) is 24.4 Å². The molecule has 118 valence electrons. The number of methoxy groups -OCH3 is 1. The van der Waals surface area contributed by atoms with Crippen LogP contribution in [0.5, 0.6) is 0 Å². The van der Waals surface area contributed by atoms with Crippen molar-refractivity contribution in [3.63, 3.8) is 0 Å². The molecule has 1 amide bonds. The molecule has 0 saturated heterocycles. The van der Waals surface area contributed by atoms with Crippen molar-refractivity contribution in [2.24, 2.45) is 5.73 Å². The quantitative estimate of drug-likeness (QED) is 0.711. The average Bonchev–Trinajstić information content (AvgIpc) is 2.49. The van der Waals surface area contributed by atoms with E-state index in [2.05, 4.69) is 4.98 Å². The van der Waals surface area contributed by atoms with Gasteiger partial charge in [0.05, 0.1) is 6.04 Å². The van der Waals surface area contributed by atoms with Crippen LogP contribution in [0.3, 0.4) is 0 Å². The van der Waals surface area contributed by atoms with Crippen molar-refractivity contribution in [2.45, 2.75) is 19.0 Å². The lowest BCUT2D eigenvalue weighted by molar-refractivity contribution is -0.133. The third-order valence-electron chi connectivity index (χ3n) is 3.18. The van der Waals surface area contributed by atoms with Crippen molar-refractivity contribution in [1.82, 2.24) is 14.8 Å². The maximum absolute atomic E-state index is 12.5. The summed E-state index contributed by atoms with van der Waals surface area (Å²) < 4.78 is 4.99. The largest absolute Gasteiger partial charge is 0.385 e. The molecule has 21 heavy (non-hydrogen) atoms. The minimum absolute atomic E-state index is 0.0437. The highest BCUT2D eigenvalue weighted by molar-refractivity contribution is 5.81. The summed E-state index contributed by atoms with van der Waals surface area (Å²) in [7, 11) is 5.58. The Hall–Kier alpha value is -1.50. The number of carbonyl (C=O) groups is 1. The lowest BCUT2D eigenvalue weighted by Gasteiger charge is -2.27. The number of ether oxygens (including phenoxy) is 1. The first-order valence-electron chi connectivity index (χ1n) is 7.11. The molecule has 0 fully saturated rings. The second-order valence-electron chi connectivity index (χ2n) is 5.31. The molecule has 0 aliphatic rings. The molecule has 0 radical (unpaired) electrons. The van der Waals surface area contributed by atoms with Crippen molar-refractivity contribution >= 4 is 5.91 Å². The van der Waals surface area contributed by atoms with Gasteiger partial charge in [-0.2, -0.15) is 0 Å². The van der Waals surface area contributed by atoms with Gasteiger partial charge in [-0.05, 0) is 32.1 Å². The number of aromatic nitrogens is 1. The molecule has 1 aromatic heterocycles. The zero-order valence-corrected chi connectivity index (χ0v) is 13.2. The molecule has 1 aromatic rings. The van der Waals surface area contributed by atoms with E-state index < -0.39 is 6.04 Å². The number of carbonyl (C=O) groups excluding carboxylic acids is 1. The Morgan fingerprint density at radius 1 is 1.43 bits per heavy atom. The van der Waals surface area contributed by atoms with Crippen molar-refractivity contribution in [3.05, 3.63) is 30.1 Å². The monoisotopic (exact) mass is 294 g/mol. The number of likely N-dealkylation sites (N-methyl/N-ethyl adjacent to an activating group) is 1. The minimum Gasteiger partial charge on any atom is -0.385 e. The summed E-state index contributed by atoms with van der Waals surface area (Å²) in [5.74, 6) is -0.0437. The summed E-state index contributed by atoms with van der Waals surface area (Å²) >= 11 is 0. The van der Waals surface area contributed by atoms with Gasteiger partial charge in [0.25, 0.3) is 0 Å². The van der Waals surface area contributed by atoms with Crippen molar-refractivity contribution < 1.29 is 9.53 Å². The lowest BCUT2D eigenvalue weighted by atomic mass is 10.1. The predicted molar refractivity (Wildman–Crippen MR) is 82.7 cm³/mol. The first-order chi connectivity index (χ1) is 10.0. The van der Waals surface area contributed by atoms with Crippen molar-refractivity contribution in [1.29, 1.82) is 0 Å². The predicted octanol–water partition coefficient (Wildman–Crippen LogP) is 0.336. The lowest BCUT2D eigenvalue weighted by Crippen LogP contribution is -2.46. The highest BCUT2D eigenvalue weighted by Crippen LogP contribution is 2.06. The van der Waals surface area contributed by atoms with Gasteiger partial charge in [-0.1, -0.05) is 6.07 Å². The molecule has 1 unspecified atom stereocenters. The normalized spacial score (nSPS) is 12.4. The van der Waals surface area contributed by atoms with Gasteiger partial charge in [0, 0.05) is 45.7 Å². The summed E-state index contributed by atoms with van der Waals surface area (Å²) in [6.07, 6.45) is 4.03. The Morgan fingerprint density at radius 3 is 2.76 bits per heavy atom. The molecule has 2 N–H and O–H groups in total. The molecule has 0 bridgehead atoms. The minimum atomic E-state index is -0.524. The molecule has 0 saturated carbocycles. The number of hydrogen-bond donors (Lipinski definition) is 1. The molecule has 6 nitrogen and oxygen atoms in total. The van der Waals surface area contributed by atoms with Gasteiger partial charge in [0.2, 0.25) is 5.91 Å². The summed E-state index contributed by atoms with van der Waals surface area (Å²) in [5.41, 5.74) is 6.97. The molecule has 0 aromatic carbocycles. The Balaban J connectivity index is 2.68. The topological polar surface area (TPSA) is 71.7 Å². The molecule has 1 rings (SSSR count). The third kappa shape index (κ3) is 6.66. The Morgan fingerprint density at radius 2 is 2.19 bits per heavy atom. The van der Waals surface area contributed by atoms with Crippen LogP contribution >= 0.6 is 0 Å². The van der Waals surface area contributed by atoms with E-state index in [4.69, 9.17) is 10.5 Å². The van der Waals surface area contributed by atoms with Crippen LogP contribution in [-0.2, 0) is 16.1 Å². The Bertz CT molecular complexity index is 411. The van der Waals surface area contributed by atoms with E-state index >= 15 is 0 Å². The SMILES string of the molecule is COCCC(N)C(=O)N(CCN(C)C)Cc1cccnc1. The number of hydrogen-bond acceptors (Lipinski definition) is 5. The Labute approximate surface area is 126 Å². The fourth-order valence-electron chi connectivity index (χ4n) is 1.90. The average molecular weight is 294 g/mol. The summed E-state index contributed by atoms with van der Waals surface area (Å²) in [6.45, 7) is 2.45. The molecule has 0 spiro atoms. The molecule has 6 heteroatoms. The number of amides is 1. The Kier molecular flexibility index (Phi) is 7.89. The number of nitrogens with zero attached hydrogens (tertiary/aromatic N) is 3. The van der Waals surface area contributed by atoms with Gasteiger partial charge >= 0.3 is 0 Å². The maximum Gasteiger partial charge on any atom is 0.239 e. The molecular weight excluding hydrogens is 268 g/mol. The first kappa shape index (κ1) is 17.6. The summed E-state index contributed by atoms with van der Waals surface area (Å²) in [5, 5.41) is 0. The zero-order valence-electron chi connectivity index (χ0n) is 13.2. The van der Waals surface area contributed by atoms with Gasteiger partial charge in [0.1, 0.15) is 0 Å². The maximum atomic E-state index is 12.5. The van der Waals surface area contributed by atoms with Gasteiger partial charge in [-0.15, -0.1) is 0 Å². The van der Waals surface area contributed by atoms with Crippen LogP contribution in [0.25, 0.3) is 0 Å². The highest BCUT2D eigenvalue weighted by atomic mass is 16.5. The standard InChI is InChI=1S/C15H26N4O2/c1-18(2)8-9-19(12-13-5-4-7-17-11-13)15(20)14(16)6-10-21-3/h4-5,7,11,14H,6,8-10,12,16H2,1-3H3. The number of nitrogens with two attached hydrogens (primary N) is 1. The first-order valence-corrected chi connectivity index (χ1v) is 7.11. The molecule has 1 heterocycles. The van der Waals surface area contributed by atoms with E-state index in [0.717, 1.165) is 12.1 Å². The summed E-state index contributed by atoms with van der Waals surface area (Å²) in [6, 6.07) is 3.31. The van der Waals surface area contributed by atoms with Crippen molar-refractivity contribution in [2.75, 3.05) is 40.9 Å².